The molecule has 1 aliphatic carbocycles. The van der Waals surface area contributed by atoms with E-state index in [0.717, 1.165) is 19.3 Å². The minimum atomic E-state index is -1.28. The molecule has 5 atom stereocenters. The Labute approximate surface area is 225 Å². The van der Waals surface area contributed by atoms with Crippen LogP contribution in [0.2, 0.25) is 0 Å². The van der Waals surface area contributed by atoms with Crippen LogP contribution in [-0.2, 0) is 42.9 Å². The van der Waals surface area contributed by atoms with Gasteiger partial charge >= 0.3 is 23.9 Å². The summed E-state index contributed by atoms with van der Waals surface area (Å²) >= 11 is 0. The highest BCUT2D eigenvalue weighted by Gasteiger charge is 2.50. The number of ether oxygens (including phenoxy) is 4. The van der Waals surface area contributed by atoms with Crippen LogP contribution in [0.5, 0.6) is 0 Å². The Balaban J connectivity index is 3.39. The van der Waals surface area contributed by atoms with Gasteiger partial charge in [0.1, 0.15) is 17.9 Å². The second kappa shape index (κ2) is 17.5. The van der Waals surface area contributed by atoms with Gasteiger partial charge in [0.15, 0.2) is 5.92 Å². The highest BCUT2D eigenvalue weighted by molar-refractivity contribution is 5.97. The van der Waals surface area contributed by atoms with Gasteiger partial charge < -0.3 is 18.9 Å². The van der Waals surface area contributed by atoms with Crippen molar-refractivity contribution in [1.82, 2.24) is 0 Å². The average molecular weight is 538 g/mol. The van der Waals surface area contributed by atoms with Gasteiger partial charge in [0.2, 0.25) is 0 Å². The van der Waals surface area contributed by atoms with Crippen molar-refractivity contribution < 1.29 is 42.9 Å². The maximum atomic E-state index is 13.2. The summed E-state index contributed by atoms with van der Waals surface area (Å²) in [5.41, 5.74) is 0. The number of carbonyl (C=O) groups excluding carboxylic acids is 5. The highest BCUT2D eigenvalue weighted by Crippen LogP contribution is 2.42. The van der Waals surface area contributed by atoms with Crippen LogP contribution in [0.3, 0.4) is 0 Å². The van der Waals surface area contributed by atoms with Gasteiger partial charge in [-0.05, 0) is 57.9 Å². The third kappa shape index (κ3) is 10.4. The van der Waals surface area contributed by atoms with E-state index >= 15 is 0 Å². The van der Waals surface area contributed by atoms with Gasteiger partial charge in [-0.15, -0.1) is 0 Å². The second-order valence-electron chi connectivity index (χ2n) is 9.29. The number of hydrogen-bond acceptors (Lipinski definition) is 10. The Bertz CT molecular complexity index is 848. The van der Waals surface area contributed by atoms with Crippen LogP contribution >= 0.6 is 0 Å². The molecule has 0 amide bonds. The molecule has 0 unspecified atom stereocenters. The number of unbranched alkanes of at least 4 members (excludes halogenated alkanes) is 2. The number of hydrogen-bond donors (Lipinski definition) is 0. The fourth-order valence-corrected chi connectivity index (χ4v) is 4.67. The largest absolute Gasteiger partial charge is 0.467 e. The fourth-order valence-electron chi connectivity index (χ4n) is 4.67. The summed E-state index contributed by atoms with van der Waals surface area (Å²) in [5.74, 6) is -5.70. The van der Waals surface area contributed by atoms with Gasteiger partial charge in [-0.2, -0.15) is 0 Å². The van der Waals surface area contributed by atoms with Crippen LogP contribution in [0.4, 0.5) is 0 Å². The molecular weight excluding hydrogens is 494 g/mol. The van der Waals surface area contributed by atoms with Crippen LogP contribution in [0.15, 0.2) is 17.1 Å². The van der Waals surface area contributed by atoms with Crippen molar-refractivity contribution in [2.45, 2.75) is 85.3 Å². The monoisotopic (exact) mass is 537 g/mol. The summed E-state index contributed by atoms with van der Waals surface area (Å²) in [5, 5.41) is 0. The van der Waals surface area contributed by atoms with Crippen molar-refractivity contribution >= 4 is 35.9 Å². The number of allylic oxidation sites excluding steroid dienone is 1. The lowest BCUT2D eigenvalue weighted by Gasteiger charge is -2.26. The number of rotatable bonds is 16. The molecule has 1 saturated carbocycles. The number of ketones is 1. The van der Waals surface area contributed by atoms with Crippen molar-refractivity contribution in [2.24, 2.45) is 28.7 Å². The fraction of sp³-hybridized carbons (Fsp3) is 0.714. The van der Waals surface area contributed by atoms with Crippen molar-refractivity contribution in [2.75, 3.05) is 20.3 Å². The molecule has 0 aromatic rings. The number of aliphatic imine (C=N–C) groups is 1. The van der Waals surface area contributed by atoms with Crippen molar-refractivity contribution in [1.29, 1.82) is 0 Å². The third-order valence-electron chi connectivity index (χ3n) is 6.51. The molecule has 1 rings (SSSR count). The topological polar surface area (TPSA) is 135 Å². The molecule has 10 heteroatoms. The molecule has 0 N–H and O–H groups in total. The first-order valence-electron chi connectivity index (χ1n) is 13.4. The first-order chi connectivity index (χ1) is 18.1. The summed E-state index contributed by atoms with van der Waals surface area (Å²) in [6.45, 7) is 8.41. The Hall–Kier alpha value is -3.04. The van der Waals surface area contributed by atoms with Gasteiger partial charge in [0.25, 0.3) is 0 Å². The summed E-state index contributed by atoms with van der Waals surface area (Å²) in [7, 11) is 1.27. The van der Waals surface area contributed by atoms with E-state index in [0.29, 0.717) is 6.42 Å². The number of carbonyl (C=O) groups is 5. The molecule has 0 aliphatic heterocycles. The minimum absolute atomic E-state index is 0.0313. The van der Waals surface area contributed by atoms with E-state index in [1.165, 1.54) is 20.2 Å². The van der Waals surface area contributed by atoms with E-state index in [1.54, 1.807) is 32.9 Å². The normalized spacial score (nSPS) is 21.0. The van der Waals surface area contributed by atoms with E-state index in [4.69, 9.17) is 14.2 Å². The molecule has 0 saturated heterocycles. The van der Waals surface area contributed by atoms with E-state index in [-0.39, 0.29) is 31.8 Å². The van der Waals surface area contributed by atoms with Gasteiger partial charge in [0, 0.05) is 25.5 Å². The molecule has 0 aromatic carbocycles. The Morgan fingerprint density at radius 1 is 1.03 bits per heavy atom. The lowest BCUT2D eigenvalue weighted by molar-refractivity contribution is -0.165. The summed E-state index contributed by atoms with van der Waals surface area (Å²) in [6, 6.07) is -0.736. The Kier molecular flexibility index (Phi) is 15.2. The first kappa shape index (κ1) is 33.0. The second-order valence-corrected chi connectivity index (χ2v) is 9.29. The predicted molar refractivity (Wildman–Crippen MR) is 140 cm³/mol. The van der Waals surface area contributed by atoms with Crippen LogP contribution < -0.4 is 0 Å². The average Bonchev–Trinajstić information content (AvgIpc) is 3.16. The van der Waals surface area contributed by atoms with E-state index in [1.807, 2.05) is 0 Å². The highest BCUT2D eigenvalue weighted by atomic mass is 16.6. The lowest BCUT2D eigenvalue weighted by atomic mass is 9.79. The molecule has 38 heavy (non-hydrogen) atoms. The van der Waals surface area contributed by atoms with E-state index < -0.39 is 59.7 Å². The maximum Gasteiger partial charge on any atom is 0.330 e. The van der Waals surface area contributed by atoms with Gasteiger partial charge in [-0.3, -0.25) is 24.2 Å². The van der Waals surface area contributed by atoms with Crippen LogP contribution in [-0.4, -0.2) is 68.3 Å². The summed E-state index contributed by atoms with van der Waals surface area (Å²) in [4.78, 5) is 66.5. The molecule has 10 nitrogen and oxygen atoms in total. The minimum Gasteiger partial charge on any atom is -0.467 e. The van der Waals surface area contributed by atoms with Crippen molar-refractivity contribution in [3.8, 4) is 0 Å². The molecule has 0 spiro atoms. The SMILES string of the molecule is CCCCC[C@@H](/C=C/[C@H]1[C@@H](C(C(=O)OCC)C(=O)OCC)CC(=O)[C@@H]1CC=N[C@@H](C)C(=O)OC)OC(C)=O. The molecule has 214 valence electrons. The Morgan fingerprint density at radius 3 is 2.18 bits per heavy atom. The molecule has 0 bridgehead atoms. The first-order valence-corrected chi connectivity index (χ1v) is 13.4. The molecule has 1 fully saturated rings. The zero-order chi connectivity index (χ0) is 28.7. The standard InChI is InChI=1S/C28H43NO9/c1-7-10-11-12-20(38-19(5)30)13-14-21-22(15-16-29-18(4)26(32)35-6)24(31)17-23(21)25(27(33)36-8-2)28(34)37-9-3/h13-14,16,18,20-23,25H,7-12,15,17H2,1-6H3/b14-13+,29-16?/t18-,20-,21+,22+,23-/m0/s1. The molecule has 1 aliphatic rings. The van der Waals surface area contributed by atoms with Gasteiger partial charge in [0.05, 0.1) is 20.3 Å². The zero-order valence-corrected chi connectivity index (χ0v) is 23.5. The van der Waals surface area contributed by atoms with Crippen molar-refractivity contribution in [3.05, 3.63) is 12.2 Å². The van der Waals surface area contributed by atoms with E-state index in [9.17, 15) is 24.0 Å². The smallest absolute Gasteiger partial charge is 0.330 e. The van der Waals surface area contributed by atoms with Crippen LogP contribution in [0.1, 0.15) is 73.1 Å². The van der Waals surface area contributed by atoms with Crippen LogP contribution in [0, 0.1) is 23.7 Å². The third-order valence-corrected chi connectivity index (χ3v) is 6.51. The van der Waals surface area contributed by atoms with Crippen LogP contribution in [0.25, 0.3) is 0 Å². The predicted octanol–water partition coefficient (Wildman–Crippen LogP) is 3.64. The molecule has 0 heterocycles. The molecular formula is C28H43NO9. The number of nitrogens with zero attached hydrogens (tertiary/aromatic N) is 1. The molecule has 0 aromatic heterocycles. The maximum absolute atomic E-state index is 13.2. The quantitative estimate of drug-likeness (QED) is 0.0722. The Morgan fingerprint density at radius 2 is 1.66 bits per heavy atom. The molecule has 0 radical (unpaired) electrons. The van der Waals surface area contributed by atoms with Crippen molar-refractivity contribution in [3.63, 3.8) is 0 Å². The van der Waals surface area contributed by atoms with Gasteiger partial charge in [-0.1, -0.05) is 25.8 Å². The number of methoxy groups -OCH3 is 1. The summed E-state index contributed by atoms with van der Waals surface area (Å²) in [6.07, 6.45) is 8.09. The number of Topliss-reactive ketones (excluding diaryl/α,β-unsaturated/α-hetero) is 1. The summed E-state index contributed by atoms with van der Waals surface area (Å²) < 4.78 is 20.5. The zero-order valence-electron chi connectivity index (χ0n) is 23.5. The lowest BCUT2D eigenvalue weighted by Crippen LogP contribution is -2.36. The van der Waals surface area contributed by atoms with Gasteiger partial charge in [-0.25, -0.2) is 4.79 Å². The van der Waals surface area contributed by atoms with E-state index in [2.05, 4.69) is 16.7 Å². The number of esters is 4.